The number of fused-ring (bicyclic) bond motifs is 1. The summed E-state index contributed by atoms with van der Waals surface area (Å²) in [7, 11) is -4.42. The highest BCUT2D eigenvalue weighted by atomic mass is 32.1. The van der Waals surface area contributed by atoms with Crippen LogP contribution < -0.4 is 15.4 Å². The van der Waals surface area contributed by atoms with Gasteiger partial charge in [0.1, 0.15) is 23.7 Å². The maximum Gasteiger partial charge on any atom is 0.469 e. The van der Waals surface area contributed by atoms with Gasteiger partial charge in [0.2, 0.25) is 5.91 Å². The minimum atomic E-state index is -4.42. The normalized spacial score (nSPS) is 14.5. The van der Waals surface area contributed by atoms with Gasteiger partial charge in [0.15, 0.2) is 5.13 Å². The summed E-state index contributed by atoms with van der Waals surface area (Å²) < 4.78 is 34.7. The molecule has 4 N–H and O–H groups in total. The van der Waals surface area contributed by atoms with Crippen molar-refractivity contribution in [3.63, 3.8) is 0 Å². The molecule has 1 fully saturated rings. The quantitative estimate of drug-likeness (QED) is 0.117. The molecule has 0 aliphatic carbocycles. The lowest BCUT2D eigenvalue weighted by atomic mass is 10.2. The van der Waals surface area contributed by atoms with Crippen LogP contribution in [0.15, 0.2) is 55.0 Å². The largest absolute Gasteiger partial charge is 0.493 e. The standard InChI is InChI=1S/C28H33FN7O6PS/c29-20-3-1-4-21(15-20)33-26(37)17-23-18-30-28(44-23)34-27-24-6-5-22(16-25(24)31-19-32-27)41-13-2-7-35-8-10-36(11-9-35)12-14-42-43(38,39)40/h1,3-6,15-16,18-19H,2,7-14,17H2,(H,33,37)(H2,38,39,40)(H,30,31,32,34). The molecular weight excluding hydrogens is 612 g/mol. The van der Waals surface area contributed by atoms with Gasteiger partial charge in [-0.05, 0) is 36.8 Å². The van der Waals surface area contributed by atoms with Gasteiger partial charge in [-0.2, -0.15) is 0 Å². The number of rotatable bonds is 14. The molecule has 4 aromatic rings. The first-order valence-electron chi connectivity index (χ1n) is 14.0. The second kappa shape index (κ2) is 14.9. The number of benzene rings is 2. The van der Waals surface area contributed by atoms with Crippen LogP contribution in [0.1, 0.15) is 11.3 Å². The number of aromatic nitrogens is 3. The van der Waals surface area contributed by atoms with Crippen molar-refractivity contribution >= 4 is 52.6 Å². The molecule has 1 aliphatic heterocycles. The van der Waals surface area contributed by atoms with Gasteiger partial charge >= 0.3 is 7.82 Å². The summed E-state index contributed by atoms with van der Waals surface area (Å²) in [5, 5.41) is 7.27. The number of thiazole rings is 1. The number of hydrogen-bond donors (Lipinski definition) is 4. The van der Waals surface area contributed by atoms with Crippen molar-refractivity contribution < 1.29 is 32.8 Å². The van der Waals surface area contributed by atoms with Crippen LogP contribution in [-0.4, -0.2) is 92.9 Å². The van der Waals surface area contributed by atoms with E-state index >= 15 is 0 Å². The number of anilines is 3. The number of nitrogens with zero attached hydrogens (tertiary/aromatic N) is 5. The number of phosphoric ester groups is 1. The summed E-state index contributed by atoms with van der Waals surface area (Å²) >= 11 is 1.33. The monoisotopic (exact) mass is 645 g/mol. The smallest absolute Gasteiger partial charge is 0.469 e. The number of carbonyl (C=O) groups is 1. The summed E-state index contributed by atoms with van der Waals surface area (Å²) in [6, 6.07) is 11.4. The van der Waals surface area contributed by atoms with E-state index in [1.807, 2.05) is 18.2 Å². The van der Waals surface area contributed by atoms with Crippen LogP contribution >= 0.6 is 19.2 Å². The molecule has 44 heavy (non-hydrogen) atoms. The second-order valence-electron chi connectivity index (χ2n) is 10.1. The molecule has 2 aromatic heterocycles. The molecule has 0 atom stereocenters. The molecule has 16 heteroatoms. The fourth-order valence-corrected chi connectivity index (χ4v) is 5.84. The average Bonchev–Trinajstić information content (AvgIpc) is 3.41. The van der Waals surface area contributed by atoms with E-state index < -0.39 is 13.6 Å². The molecule has 0 bridgehead atoms. The highest BCUT2D eigenvalue weighted by Gasteiger charge is 2.19. The second-order valence-corrected chi connectivity index (χ2v) is 12.5. The Morgan fingerprint density at radius 3 is 2.59 bits per heavy atom. The van der Waals surface area contributed by atoms with Crippen LogP contribution in [0, 0.1) is 5.82 Å². The lowest BCUT2D eigenvalue weighted by Gasteiger charge is -2.34. The van der Waals surface area contributed by atoms with Crippen LogP contribution in [0.25, 0.3) is 10.9 Å². The number of halogens is 1. The molecule has 0 radical (unpaired) electrons. The first kappa shape index (κ1) is 31.9. The van der Waals surface area contributed by atoms with Gasteiger partial charge in [-0.1, -0.05) is 6.07 Å². The van der Waals surface area contributed by atoms with Gasteiger partial charge < -0.3 is 30.1 Å². The maximum atomic E-state index is 13.4. The van der Waals surface area contributed by atoms with Crippen molar-refractivity contribution in [3.05, 3.63) is 65.7 Å². The minimum absolute atomic E-state index is 0.0126. The van der Waals surface area contributed by atoms with Crippen molar-refractivity contribution in [1.29, 1.82) is 0 Å². The summed E-state index contributed by atoms with van der Waals surface area (Å²) in [5.41, 5.74) is 1.11. The maximum absolute atomic E-state index is 13.4. The fourth-order valence-electron chi connectivity index (χ4n) is 4.71. The number of hydrogen-bond acceptors (Lipinski definition) is 11. The number of amides is 1. The third kappa shape index (κ3) is 9.72. The van der Waals surface area contributed by atoms with Gasteiger partial charge in [0.25, 0.3) is 0 Å². The third-order valence-corrected chi connectivity index (χ3v) is 8.28. The van der Waals surface area contributed by atoms with Crippen LogP contribution in [0.5, 0.6) is 5.75 Å². The van der Waals surface area contributed by atoms with E-state index in [9.17, 15) is 13.8 Å². The fraction of sp³-hybridized carbons (Fsp3) is 0.357. The topological polar surface area (TPSA) is 162 Å². The van der Waals surface area contributed by atoms with Gasteiger partial charge in [-0.25, -0.2) is 23.9 Å². The molecule has 1 aliphatic rings. The zero-order valence-corrected chi connectivity index (χ0v) is 25.5. The van der Waals surface area contributed by atoms with Crippen molar-refractivity contribution in [2.24, 2.45) is 0 Å². The molecule has 2 aromatic carbocycles. The average molecular weight is 646 g/mol. The highest BCUT2D eigenvalue weighted by molar-refractivity contribution is 7.46. The predicted octanol–water partition coefficient (Wildman–Crippen LogP) is 3.65. The van der Waals surface area contributed by atoms with Crippen LogP contribution in [-0.2, 0) is 20.3 Å². The van der Waals surface area contributed by atoms with Gasteiger partial charge in [-0.15, -0.1) is 11.3 Å². The number of nitrogens with one attached hydrogen (secondary N) is 2. The number of carbonyl (C=O) groups excluding carboxylic acids is 1. The Kier molecular flexibility index (Phi) is 10.8. The van der Waals surface area contributed by atoms with E-state index in [4.69, 9.17) is 14.5 Å². The molecule has 0 saturated carbocycles. The zero-order chi connectivity index (χ0) is 30.9. The van der Waals surface area contributed by atoms with E-state index in [1.54, 1.807) is 12.3 Å². The summed E-state index contributed by atoms with van der Waals surface area (Å²) in [5.74, 6) is 0.605. The number of phosphoric acid groups is 1. The minimum Gasteiger partial charge on any atom is -0.493 e. The lowest BCUT2D eigenvalue weighted by molar-refractivity contribution is -0.115. The Hall–Kier alpha value is -3.56. The molecule has 3 heterocycles. The summed E-state index contributed by atoms with van der Waals surface area (Å²) in [4.78, 5) is 48.3. The van der Waals surface area contributed by atoms with Crippen molar-refractivity contribution in [3.8, 4) is 5.75 Å². The van der Waals surface area contributed by atoms with E-state index in [0.29, 0.717) is 41.1 Å². The van der Waals surface area contributed by atoms with Crippen LogP contribution in [0.3, 0.4) is 0 Å². The molecule has 0 unspecified atom stereocenters. The van der Waals surface area contributed by atoms with E-state index in [1.165, 1.54) is 35.9 Å². The van der Waals surface area contributed by atoms with Gasteiger partial charge in [0, 0.05) is 67.5 Å². The van der Waals surface area contributed by atoms with E-state index in [-0.39, 0.29) is 18.9 Å². The third-order valence-electron chi connectivity index (χ3n) is 6.85. The van der Waals surface area contributed by atoms with Crippen molar-refractivity contribution in [2.75, 3.05) is 63.1 Å². The van der Waals surface area contributed by atoms with Crippen LogP contribution in [0.4, 0.5) is 21.0 Å². The summed E-state index contributed by atoms with van der Waals surface area (Å²) in [6.45, 7) is 5.33. The first-order chi connectivity index (χ1) is 21.2. The van der Waals surface area contributed by atoms with Crippen molar-refractivity contribution in [2.45, 2.75) is 12.8 Å². The highest BCUT2D eigenvalue weighted by Crippen LogP contribution is 2.35. The Balaban J connectivity index is 1.06. The number of piperazine rings is 1. The predicted molar refractivity (Wildman–Crippen MR) is 165 cm³/mol. The Morgan fingerprint density at radius 1 is 1.02 bits per heavy atom. The molecule has 1 amide bonds. The van der Waals surface area contributed by atoms with Crippen molar-refractivity contribution in [1.82, 2.24) is 24.8 Å². The summed E-state index contributed by atoms with van der Waals surface area (Å²) in [6.07, 6.45) is 4.04. The molecule has 1 saturated heterocycles. The van der Waals surface area contributed by atoms with Gasteiger partial charge in [-0.3, -0.25) is 14.2 Å². The number of ether oxygens (including phenoxy) is 1. The molecule has 5 rings (SSSR count). The molecular formula is C28H33FN7O6PS. The molecule has 13 nitrogen and oxygen atoms in total. The lowest BCUT2D eigenvalue weighted by Crippen LogP contribution is -2.47. The molecule has 234 valence electrons. The zero-order valence-electron chi connectivity index (χ0n) is 23.8. The SMILES string of the molecule is O=C(Cc1cnc(Nc2ncnc3cc(OCCCN4CCN(CCOP(=O)(O)O)CC4)ccc23)s1)Nc1cccc(F)c1. The van der Waals surface area contributed by atoms with Crippen LogP contribution in [0.2, 0.25) is 0 Å². The van der Waals surface area contributed by atoms with Gasteiger partial charge in [0.05, 0.1) is 25.2 Å². The Bertz CT molecular complexity index is 1610. The first-order valence-corrected chi connectivity index (χ1v) is 16.3. The van der Waals surface area contributed by atoms with E-state index in [2.05, 4.69) is 39.9 Å². The van der Waals surface area contributed by atoms with E-state index in [0.717, 1.165) is 49.4 Å². The Labute approximate surface area is 257 Å². The molecule has 0 spiro atoms. The Morgan fingerprint density at radius 2 is 1.82 bits per heavy atom.